The predicted octanol–water partition coefficient (Wildman–Crippen LogP) is 2.12. The lowest BCUT2D eigenvalue weighted by molar-refractivity contribution is -0.120. The molecule has 102 valence electrons. The van der Waals surface area contributed by atoms with Gasteiger partial charge in [0.2, 0.25) is 0 Å². The van der Waals surface area contributed by atoms with Crippen LogP contribution in [0.1, 0.15) is 0 Å². The van der Waals surface area contributed by atoms with Crippen LogP contribution >= 0.6 is 33.9 Å². The molecule has 5 nitrogen and oxygen atoms in total. The molecule has 1 N–H and O–H groups in total. The number of benzene rings is 1. The first-order valence-electron chi connectivity index (χ1n) is 4.96. The zero-order chi connectivity index (χ0) is 14.2. The second kappa shape index (κ2) is 5.20. The number of nitrogens with one attached hydrogen (secondary N) is 1. The van der Waals surface area contributed by atoms with E-state index >= 15 is 0 Å². The standard InChI is InChI=1S/C10H7Cl3N2O3S/c11-7-8(12)10(19(13,17)18)15(14-9(7)16)6-4-2-1-3-5-6/h1-5,7H,(H,14,16). The van der Waals surface area contributed by atoms with Gasteiger partial charge in [-0.15, -0.1) is 11.6 Å². The van der Waals surface area contributed by atoms with Crippen molar-refractivity contribution in [1.82, 2.24) is 5.43 Å². The maximum absolute atomic E-state index is 11.6. The molecule has 1 heterocycles. The molecule has 2 rings (SSSR count). The van der Waals surface area contributed by atoms with Crippen molar-refractivity contribution in [2.45, 2.75) is 5.38 Å². The van der Waals surface area contributed by atoms with Gasteiger partial charge in [0.1, 0.15) is 0 Å². The van der Waals surface area contributed by atoms with E-state index in [2.05, 4.69) is 5.43 Å². The minimum atomic E-state index is -4.18. The van der Waals surface area contributed by atoms with E-state index in [1.807, 2.05) is 0 Å². The second-order valence-corrected chi connectivity index (χ2v) is 6.93. The van der Waals surface area contributed by atoms with Crippen molar-refractivity contribution in [3.63, 3.8) is 0 Å². The highest BCUT2D eigenvalue weighted by Crippen LogP contribution is 2.33. The first-order chi connectivity index (χ1) is 8.82. The van der Waals surface area contributed by atoms with Gasteiger partial charge in [-0.1, -0.05) is 29.8 Å². The van der Waals surface area contributed by atoms with Gasteiger partial charge in [0.05, 0.1) is 10.7 Å². The van der Waals surface area contributed by atoms with Crippen molar-refractivity contribution in [2.75, 3.05) is 5.01 Å². The average Bonchev–Trinajstić information content (AvgIpc) is 2.35. The fourth-order valence-corrected chi connectivity index (χ4v) is 3.53. The number of carbonyl (C=O) groups is 1. The number of hydrogen-bond acceptors (Lipinski definition) is 4. The Kier molecular flexibility index (Phi) is 3.96. The van der Waals surface area contributed by atoms with Gasteiger partial charge in [-0.3, -0.25) is 10.2 Å². The Hall–Kier alpha value is -0.950. The highest BCUT2D eigenvalue weighted by atomic mass is 35.7. The van der Waals surface area contributed by atoms with E-state index in [-0.39, 0.29) is 5.03 Å². The monoisotopic (exact) mass is 340 g/mol. The summed E-state index contributed by atoms with van der Waals surface area (Å²) >= 11 is 11.6. The first-order valence-corrected chi connectivity index (χ1v) is 8.09. The molecule has 1 aliphatic rings. The van der Waals surface area contributed by atoms with Crippen LogP contribution in [-0.2, 0) is 13.8 Å². The number of alkyl halides is 1. The van der Waals surface area contributed by atoms with Gasteiger partial charge in [-0.2, -0.15) is 0 Å². The van der Waals surface area contributed by atoms with Crippen LogP contribution in [0.4, 0.5) is 5.69 Å². The van der Waals surface area contributed by atoms with E-state index in [0.717, 1.165) is 5.01 Å². The van der Waals surface area contributed by atoms with Gasteiger partial charge in [-0.05, 0) is 12.1 Å². The summed E-state index contributed by atoms with van der Waals surface area (Å²) in [4.78, 5) is 11.6. The summed E-state index contributed by atoms with van der Waals surface area (Å²) in [7, 11) is 1.16. The molecule has 1 aromatic rings. The number of nitrogens with zero attached hydrogens (tertiary/aromatic N) is 1. The van der Waals surface area contributed by atoms with Gasteiger partial charge in [0, 0.05) is 10.7 Å². The normalized spacial score (nSPS) is 20.5. The largest absolute Gasteiger partial charge is 0.279 e. The van der Waals surface area contributed by atoms with Crippen molar-refractivity contribution in [2.24, 2.45) is 0 Å². The Morgan fingerprint density at radius 3 is 2.32 bits per heavy atom. The molecule has 0 spiro atoms. The molecule has 0 fully saturated rings. The molecule has 1 aromatic carbocycles. The molecule has 1 aliphatic heterocycles. The smallest absolute Gasteiger partial charge is 0.271 e. The van der Waals surface area contributed by atoms with Crippen LogP contribution in [0, 0.1) is 0 Å². The van der Waals surface area contributed by atoms with Crippen LogP contribution < -0.4 is 10.4 Å². The highest BCUT2D eigenvalue weighted by Gasteiger charge is 2.38. The van der Waals surface area contributed by atoms with E-state index in [0.29, 0.717) is 5.69 Å². The van der Waals surface area contributed by atoms with E-state index in [1.54, 1.807) is 30.3 Å². The molecular formula is C10H7Cl3N2O3S. The third-order valence-electron chi connectivity index (χ3n) is 2.33. The Morgan fingerprint density at radius 1 is 1.21 bits per heavy atom. The van der Waals surface area contributed by atoms with Gasteiger partial charge in [-0.25, -0.2) is 13.4 Å². The van der Waals surface area contributed by atoms with Crippen LogP contribution in [0.3, 0.4) is 0 Å². The number of hydrazine groups is 1. The minimum Gasteiger partial charge on any atom is -0.271 e. The van der Waals surface area contributed by atoms with Crippen molar-refractivity contribution in [3.05, 3.63) is 40.4 Å². The molecule has 1 unspecified atom stereocenters. The number of rotatable bonds is 2. The van der Waals surface area contributed by atoms with Crippen LogP contribution in [0.2, 0.25) is 0 Å². The third-order valence-corrected chi connectivity index (χ3v) is 4.67. The Morgan fingerprint density at radius 2 is 1.79 bits per heavy atom. The van der Waals surface area contributed by atoms with Crippen LogP contribution in [-0.4, -0.2) is 19.7 Å². The van der Waals surface area contributed by atoms with Gasteiger partial charge in [0.25, 0.3) is 15.0 Å². The zero-order valence-corrected chi connectivity index (χ0v) is 12.3. The summed E-state index contributed by atoms with van der Waals surface area (Å²) in [6, 6.07) is 8.24. The Labute approximate surface area is 124 Å². The molecule has 1 atom stereocenters. The topological polar surface area (TPSA) is 66.5 Å². The Bertz CT molecular complexity index is 645. The van der Waals surface area contributed by atoms with Crippen molar-refractivity contribution >= 4 is 54.5 Å². The Balaban J connectivity index is 2.63. The SMILES string of the molecule is O=C1NN(c2ccccc2)C(S(=O)(=O)Cl)=C(Cl)C1Cl. The minimum absolute atomic E-state index is 0.343. The number of anilines is 1. The number of amides is 1. The molecule has 0 radical (unpaired) electrons. The second-order valence-electron chi connectivity index (χ2n) is 3.60. The number of halogens is 3. The quantitative estimate of drug-likeness (QED) is 0.661. The molecule has 0 bridgehead atoms. The molecule has 0 saturated heterocycles. The summed E-state index contributed by atoms with van der Waals surface area (Å²) in [6.07, 6.45) is 0. The predicted molar refractivity (Wildman–Crippen MR) is 74.4 cm³/mol. The van der Waals surface area contributed by atoms with Gasteiger partial charge in [0.15, 0.2) is 10.4 Å². The van der Waals surface area contributed by atoms with Crippen molar-refractivity contribution in [1.29, 1.82) is 0 Å². The molecule has 1 amide bonds. The van der Waals surface area contributed by atoms with E-state index in [9.17, 15) is 13.2 Å². The number of carbonyl (C=O) groups excluding carboxylic acids is 1. The molecular weight excluding hydrogens is 335 g/mol. The maximum Gasteiger partial charge on any atom is 0.279 e. The summed E-state index contributed by atoms with van der Waals surface area (Å²) in [5.74, 6) is -0.639. The summed E-state index contributed by atoms with van der Waals surface area (Å²) in [6.45, 7) is 0. The molecule has 9 heteroatoms. The first kappa shape index (κ1) is 14.5. The van der Waals surface area contributed by atoms with E-state index < -0.39 is 25.4 Å². The third kappa shape index (κ3) is 2.81. The fourth-order valence-electron chi connectivity index (χ4n) is 1.53. The fraction of sp³-hybridized carbons (Fsp3) is 0.100. The van der Waals surface area contributed by atoms with Crippen molar-refractivity contribution < 1.29 is 13.2 Å². The average molecular weight is 342 g/mol. The van der Waals surface area contributed by atoms with Gasteiger partial charge >= 0.3 is 0 Å². The lowest BCUT2D eigenvalue weighted by Crippen LogP contribution is -2.51. The molecule has 0 saturated carbocycles. The van der Waals surface area contributed by atoms with Crippen LogP contribution in [0.25, 0.3) is 0 Å². The van der Waals surface area contributed by atoms with Crippen molar-refractivity contribution in [3.8, 4) is 0 Å². The number of para-hydroxylation sites is 1. The zero-order valence-electron chi connectivity index (χ0n) is 9.18. The maximum atomic E-state index is 11.6. The highest BCUT2D eigenvalue weighted by molar-refractivity contribution is 8.17. The van der Waals surface area contributed by atoms with E-state index in [1.165, 1.54) is 0 Å². The lowest BCUT2D eigenvalue weighted by atomic mass is 10.3. The van der Waals surface area contributed by atoms with Crippen LogP contribution in [0.5, 0.6) is 0 Å². The summed E-state index contributed by atoms with van der Waals surface area (Å²) in [5.41, 5.74) is 2.71. The van der Waals surface area contributed by atoms with E-state index in [4.69, 9.17) is 33.9 Å². The summed E-state index contributed by atoms with van der Waals surface area (Å²) in [5, 5.41) is -1.11. The molecule has 0 aromatic heterocycles. The molecule has 19 heavy (non-hydrogen) atoms. The molecule has 0 aliphatic carbocycles. The summed E-state index contributed by atoms with van der Waals surface area (Å²) < 4.78 is 23.2. The van der Waals surface area contributed by atoms with Gasteiger partial charge < -0.3 is 0 Å². The number of hydrogen-bond donors (Lipinski definition) is 1. The lowest BCUT2D eigenvalue weighted by Gasteiger charge is -2.32. The van der Waals surface area contributed by atoms with Crippen LogP contribution in [0.15, 0.2) is 40.4 Å².